The molecule has 0 unspecified atom stereocenters. The molecule has 6 heteroatoms. The van der Waals surface area contributed by atoms with Crippen molar-refractivity contribution >= 4 is 12.0 Å². The summed E-state index contributed by atoms with van der Waals surface area (Å²) >= 11 is 0. The largest absolute Gasteiger partial charge is 0.496 e. The van der Waals surface area contributed by atoms with E-state index in [1.54, 1.807) is 26.2 Å². The first-order valence-electron chi connectivity index (χ1n) is 8.07. The molecule has 24 heavy (non-hydrogen) atoms. The monoisotopic (exact) mass is 327 g/mol. The number of hydrogen-bond acceptors (Lipinski definition) is 5. The standard InChI is InChI=1S/C18H21N3O3/c1-13-19-18(24-20-13)15-7-5-11-21(12-15)17(22)10-9-14-6-3-4-8-16(14)23-2/h3-4,6,8-10,15H,5,7,11-12H2,1-2H3/b10-9+/t15-/m0/s1. The van der Waals surface area contributed by atoms with E-state index in [0.29, 0.717) is 18.3 Å². The molecule has 6 nitrogen and oxygen atoms in total. The van der Waals surface area contributed by atoms with Crippen molar-refractivity contribution in [3.63, 3.8) is 0 Å². The Kier molecular flexibility index (Phi) is 4.93. The second kappa shape index (κ2) is 7.29. The zero-order chi connectivity index (χ0) is 16.9. The van der Waals surface area contributed by atoms with Crippen LogP contribution in [0, 0.1) is 6.92 Å². The van der Waals surface area contributed by atoms with Crippen molar-refractivity contribution in [3.05, 3.63) is 47.6 Å². The maximum atomic E-state index is 12.5. The molecule has 2 aromatic rings. The smallest absolute Gasteiger partial charge is 0.246 e. The van der Waals surface area contributed by atoms with E-state index in [4.69, 9.17) is 9.26 Å². The van der Waals surface area contributed by atoms with Gasteiger partial charge in [0.1, 0.15) is 5.75 Å². The number of carbonyl (C=O) groups is 1. The number of benzene rings is 1. The van der Waals surface area contributed by atoms with Crippen LogP contribution in [-0.4, -0.2) is 41.1 Å². The van der Waals surface area contributed by atoms with Crippen molar-refractivity contribution in [2.75, 3.05) is 20.2 Å². The lowest BCUT2D eigenvalue weighted by molar-refractivity contribution is -0.127. The van der Waals surface area contributed by atoms with Crippen LogP contribution in [0.1, 0.15) is 36.0 Å². The molecule has 0 saturated carbocycles. The van der Waals surface area contributed by atoms with Gasteiger partial charge in [-0.25, -0.2) is 0 Å². The summed E-state index contributed by atoms with van der Waals surface area (Å²) in [6, 6.07) is 7.61. The molecule has 1 fully saturated rings. The van der Waals surface area contributed by atoms with E-state index in [-0.39, 0.29) is 11.8 Å². The summed E-state index contributed by atoms with van der Waals surface area (Å²) in [5.74, 6) is 2.10. The van der Waals surface area contributed by atoms with Crippen molar-refractivity contribution in [1.82, 2.24) is 15.0 Å². The van der Waals surface area contributed by atoms with E-state index in [2.05, 4.69) is 10.1 Å². The fraction of sp³-hybridized carbons (Fsp3) is 0.389. The molecular weight excluding hydrogens is 306 g/mol. The summed E-state index contributed by atoms with van der Waals surface area (Å²) < 4.78 is 10.6. The third kappa shape index (κ3) is 3.64. The van der Waals surface area contributed by atoms with Crippen molar-refractivity contribution < 1.29 is 14.1 Å². The molecule has 126 valence electrons. The van der Waals surface area contributed by atoms with Gasteiger partial charge in [-0.15, -0.1) is 0 Å². The number of methoxy groups -OCH3 is 1. The molecule has 1 saturated heterocycles. The molecule has 0 radical (unpaired) electrons. The first kappa shape index (κ1) is 16.2. The number of amides is 1. The summed E-state index contributed by atoms with van der Waals surface area (Å²) in [6.07, 6.45) is 5.28. The summed E-state index contributed by atoms with van der Waals surface area (Å²) in [5.41, 5.74) is 0.884. The van der Waals surface area contributed by atoms with Crippen LogP contribution in [-0.2, 0) is 4.79 Å². The Morgan fingerprint density at radius 2 is 2.25 bits per heavy atom. The number of nitrogens with zero attached hydrogens (tertiary/aromatic N) is 3. The number of likely N-dealkylation sites (tertiary alicyclic amines) is 1. The van der Waals surface area contributed by atoms with Gasteiger partial charge in [0, 0.05) is 24.7 Å². The molecule has 2 heterocycles. The molecule has 1 aromatic heterocycles. The molecule has 3 rings (SSSR count). The SMILES string of the molecule is COc1ccccc1/C=C/C(=O)N1CCC[C@H](c2nc(C)no2)C1. The van der Waals surface area contributed by atoms with Gasteiger partial charge in [0.2, 0.25) is 11.8 Å². The Bertz CT molecular complexity index is 739. The fourth-order valence-electron chi connectivity index (χ4n) is 2.93. The zero-order valence-corrected chi connectivity index (χ0v) is 13.9. The molecule has 1 aliphatic heterocycles. The van der Waals surface area contributed by atoms with E-state index in [1.807, 2.05) is 29.2 Å². The van der Waals surface area contributed by atoms with E-state index >= 15 is 0 Å². The minimum atomic E-state index is -0.0122. The minimum Gasteiger partial charge on any atom is -0.496 e. The van der Waals surface area contributed by atoms with E-state index in [9.17, 15) is 4.79 Å². The fourth-order valence-corrected chi connectivity index (χ4v) is 2.93. The molecule has 0 bridgehead atoms. The van der Waals surface area contributed by atoms with Gasteiger partial charge in [-0.1, -0.05) is 23.4 Å². The van der Waals surface area contributed by atoms with Crippen molar-refractivity contribution in [3.8, 4) is 5.75 Å². The van der Waals surface area contributed by atoms with Crippen LogP contribution < -0.4 is 4.74 Å². The third-order valence-corrected chi connectivity index (χ3v) is 4.17. The lowest BCUT2D eigenvalue weighted by Gasteiger charge is -2.30. The summed E-state index contributed by atoms with van der Waals surface area (Å²) in [5, 5.41) is 3.84. The van der Waals surface area contributed by atoms with Crippen LogP contribution in [0.25, 0.3) is 6.08 Å². The highest BCUT2D eigenvalue weighted by atomic mass is 16.5. The quantitative estimate of drug-likeness (QED) is 0.808. The summed E-state index contributed by atoms with van der Waals surface area (Å²) in [4.78, 5) is 18.6. The van der Waals surface area contributed by atoms with Crippen LogP contribution in [0.5, 0.6) is 5.75 Å². The van der Waals surface area contributed by atoms with Crippen molar-refractivity contribution in [2.24, 2.45) is 0 Å². The van der Waals surface area contributed by atoms with Gasteiger partial charge >= 0.3 is 0 Å². The number of aryl methyl sites for hydroxylation is 1. The Labute approximate surface area is 141 Å². The van der Waals surface area contributed by atoms with Gasteiger partial charge in [0.05, 0.1) is 13.0 Å². The van der Waals surface area contributed by atoms with Crippen LogP contribution in [0.3, 0.4) is 0 Å². The number of aromatic nitrogens is 2. The Balaban J connectivity index is 1.67. The van der Waals surface area contributed by atoms with Crippen molar-refractivity contribution in [1.29, 1.82) is 0 Å². The normalized spacial score (nSPS) is 18.1. The molecule has 1 amide bonds. The second-order valence-corrected chi connectivity index (χ2v) is 5.88. The molecule has 0 aliphatic carbocycles. The molecule has 1 aliphatic rings. The molecule has 1 atom stereocenters. The number of hydrogen-bond donors (Lipinski definition) is 0. The maximum absolute atomic E-state index is 12.5. The van der Waals surface area contributed by atoms with Crippen LogP contribution in [0.2, 0.25) is 0 Å². The molecular formula is C18H21N3O3. The van der Waals surface area contributed by atoms with Gasteiger partial charge in [-0.3, -0.25) is 4.79 Å². The zero-order valence-electron chi connectivity index (χ0n) is 13.9. The average molecular weight is 327 g/mol. The number of ether oxygens (including phenoxy) is 1. The predicted molar refractivity (Wildman–Crippen MR) is 89.6 cm³/mol. The van der Waals surface area contributed by atoms with Gasteiger partial charge in [-0.05, 0) is 31.9 Å². The summed E-state index contributed by atoms with van der Waals surface area (Å²) in [7, 11) is 1.62. The van der Waals surface area contributed by atoms with Gasteiger partial charge < -0.3 is 14.2 Å². The van der Waals surface area contributed by atoms with E-state index in [1.165, 1.54) is 0 Å². The Hall–Kier alpha value is -2.63. The van der Waals surface area contributed by atoms with Crippen LogP contribution >= 0.6 is 0 Å². The third-order valence-electron chi connectivity index (χ3n) is 4.17. The minimum absolute atomic E-state index is 0.0122. The molecule has 1 aromatic carbocycles. The first-order valence-corrected chi connectivity index (χ1v) is 8.07. The number of piperidine rings is 1. The van der Waals surface area contributed by atoms with Crippen LogP contribution in [0.15, 0.2) is 34.9 Å². The highest BCUT2D eigenvalue weighted by Gasteiger charge is 2.27. The number of carbonyl (C=O) groups excluding carboxylic acids is 1. The Morgan fingerprint density at radius 1 is 1.42 bits per heavy atom. The number of rotatable bonds is 4. The molecule has 0 N–H and O–H groups in total. The van der Waals surface area contributed by atoms with E-state index < -0.39 is 0 Å². The van der Waals surface area contributed by atoms with Gasteiger partial charge in [-0.2, -0.15) is 4.98 Å². The lowest BCUT2D eigenvalue weighted by Crippen LogP contribution is -2.38. The highest BCUT2D eigenvalue weighted by molar-refractivity contribution is 5.92. The maximum Gasteiger partial charge on any atom is 0.246 e. The highest BCUT2D eigenvalue weighted by Crippen LogP contribution is 2.26. The molecule has 0 spiro atoms. The lowest BCUT2D eigenvalue weighted by atomic mass is 9.98. The van der Waals surface area contributed by atoms with Crippen LogP contribution in [0.4, 0.5) is 0 Å². The van der Waals surface area contributed by atoms with E-state index in [0.717, 1.165) is 30.7 Å². The second-order valence-electron chi connectivity index (χ2n) is 5.88. The van der Waals surface area contributed by atoms with Gasteiger partial charge in [0.25, 0.3) is 0 Å². The first-order chi connectivity index (χ1) is 11.7. The van der Waals surface area contributed by atoms with Crippen molar-refractivity contribution in [2.45, 2.75) is 25.7 Å². The van der Waals surface area contributed by atoms with Gasteiger partial charge in [0.15, 0.2) is 5.82 Å². The topological polar surface area (TPSA) is 68.5 Å². The average Bonchev–Trinajstić information content (AvgIpc) is 3.06. The predicted octanol–water partition coefficient (Wildman–Crippen LogP) is 2.81. The summed E-state index contributed by atoms with van der Waals surface area (Å²) in [6.45, 7) is 3.16. The Morgan fingerprint density at radius 3 is 3.00 bits per heavy atom. The number of para-hydroxylation sites is 1.